The number of halogens is 1. The van der Waals surface area contributed by atoms with Crippen LogP contribution in [-0.2, 0) is 0 Å². The third-order valence-corrected chi connectivity index (χ3v) is 1.99. The summed E-state index contributed by atoms with van der Waals surface area (Å²) in [7, 11) is 0. The van der Waals surface area contributed by atoms with Crippen molar-refractivity contribution in [2.75, 3.05) is 0 Å². The first-order valence-electron chi connectivity index (χ1n) is 3.50. The van der Waals surface area contributed by atoms with Gasteiger partial charge in [0.2, 0.25) is 0 Å². The molecule has 0 fully saturated rings. The molecule has 1 aromatic rings. The summed E-state index contributed by atoms with van der Waals surface area (Å²) in [6.45, 7) is 4.06. The number of pyridine rings is 1. The Labute approximate surface area is 75.3 Å². The molecule has 11 heavy (non-hydrogen) atoms. The number of rotatable bonds is 1. The fourth-order valence-electron chi connectivity index (χ4n) is 0.776. The van der Waals surface area contributed by atoms with Gasteiger partial charge < -0.3 is 0 Å². The molecule has 1 heterocycles. The van der Waals surface area contributed by atoms with Gasteiger partial charge in [-0.3, -0.25) is 0 Å². The van der Waals surface area contributed by atoms with Crippen LogP contribution in [0.3, 0.4) is 0 Å². The van der Waals surface area contributed by atoms with Gasteiger partial charge in [-0.25, -0.2) is 4.98 Å². The molecule has 0 aliphatic rings. The van der Waals surface area contributed by atoms with Crippen molar-refractivity contribution in [1.82, 2.24) is 4.98 Å². The van der Waals surface area contributed by atoms with Gasteiger partial charge in [0.15, 0.2) is 0 Å². The van der Waals surface area contributed by atoms with Crippen molar-refractivity contribution < 1.29 is 0 Å². The first-order chi connectivity index (χ1) is 5.24. The number of allylic oxidation sites excluding steroid dienone is 2. The molecule has 1 aromatic heterocycles. The Kier molecular flexibility index (Phi) is 2.83. The summed E-state index contributed by atoms with van der Waals surface area (Å²) in [6.07, 6.45) is 2.05. The lowest BCUT2D eigenvalue weighted by atomic mass is 10.2. The Morgan fingerprint density at radius 1 is 1.55 bits per heavy atom. The van der Waals surface area contributed by atoms with Crippen LogP contribution >= 0.6 is 15.9 Å². The van der Waals surface area contributed by atoms with Crippen LogP contribution in [0, 0.1) is 0 Å². The van der Waals surface area contributed by atoms with E-state index >= 15 is 0 Å². The normalized spacial score (nSPS) is 11.7. The van der Waals surface area contributed by atoms with Gasteiger partial charge in [-0.15, -0.1) is 0 Å². The Balaban J connectivity index is 3.06. The van der Waals surface area contributed by atoms with E-state index in [4.69, 9.17) is 0 Å². The Morgan fingerprint density at radius 2 is 2.27 bits per heavy atom. The standard InChI is InChI=1S/C9H10BrN/c1-3-7(2)8-5-4-6-9(10)11-8/h3-6H,1-2H3/b7-3-. The molecule has 0 spiro atoms. The minimum absolute atomic E-state index is 0.885. The van der Waals surface area contributed by atoms with E-state index < -0.39 is 0 Å². The molecule has 0 N–H and O–H groups in total. The van der Waals surface area contributed by atoms with Crippen molar-refractivity contribution in [2.45, 2.75) is 13.8 Å². The second-order valence-electron chi connectivity index (χ2n) is 2.32. The smallest absolute Gasteiger partial charge is 0.106 e. The molecule has 0 aliphatic carbocycles. The highest BCUT2D eigenvalue weighted by Gasteiger charge is 1.95. The molecule has 58 valence electrons. The van der Waals surface area contributed by atoms with E-state index in [1.807, 2.05) is 25.1 Å². The van der Waals surface area contributed by atoms with Crippen LogP contribution in [0.25, 0.3) is 5.57 Å². The molecule has 0 amide bonds. The minimum atomic E-state index is 0.885. The van der Waals surface area contributed by atoms with Crippen molar-refractivity contribution in [3.63, 3.8) is 0 Å². The summed E-state index contributed by atoms with van der Waals surface area (Å²) in [5.41, 5.74) is 2.23. The molecular weight excluding hydrogens is 202 g/mol. The molecule has 0 aliphatic heterocycles. The minimum Gasteiger partial charge on any atom is -0.241 e. The summed E-state index contributed by atoms with van der Waals surface area (Å²) in [6, 6.07) is 5.91. The molecular formula is C9H10BrN. The van der Waals surface area contributed by atoms with Crippen molar-refractivity contribution in [1.29, 1.82) is 0 Å². The lowest BCUT2D eigenvalue weighted by Gasteiger charge is -1.98. The van der Waals surface area contributed by atoms with E-state index in [9.17, 15) is 0 Å². The van der Waals surface area contributed by atoms with E-state index in [1.165, 1.54) is 5.57 Å². The largest absolute Gasteiger partial charge is 0.241 e. The maximum atomic E-state index is 4.29. The van der Waals surface area contributed by atoms with E-state index in [0.717, 1.165) is 10.3 Å². The summed E-state index contributed by atoms with van der Waals surface area (Å²) in [4.78, 5) is 4.29. The van der Waals surface area contributed by atoms with Gasteiger partial charge in [0.05, 0.1) is 5.69 Å². The van der Waals surface area contributed by atoms with Crippen molar-refractivity contribution >= 4 is 21.5 Å². The highest BCUT2D eigenvalue weighted by atomic mass is 79.9. The number of hydrogen-bond acceptors (Lipinski definition) is 1. The average Bonchev–Trinajstić information content (AvgIpc) is 2.03. The lowest BCUT2D eigenvalue weighted by Crippen LogP contribution is -1.84. The van der Waals surface area contributed by atoms with Crippen LogP contribution in [0.1, 0.15) is 19.5 Å². The molecule has 2 heteroatoms. The van der Waals surface area contributed by atoms with Crippen LogP contribution < -0.4 is 0 Å². The monoisotopic (exact) mass is 211 g/mol. The zero-order valence-electron chi connectivity index (χ0n) is 6.63. The maximum absolute atomic E-state index is 4.29. The quantitative estimate of drug-likeness (QED) is 0.651. The maximum Gasteiger partial charge on any atom is 0.106 e. The highest BCUT2D eigenvalue weighted by Crippen LogP contribution is 2.13. The Morgan fingerprint density at radius 3 is 2.82 bits per heavy atom. The van der Waals surface area contributed by atoms with Gasteiger partial charge in [0, 0.05) is 0 Å². The molecule has 0 bridgehead atoms. The number of nitrogens with zero attached hydrogens (tertiary/aromatic N) is 1. The average molecular weight is 212 g/mol. The van der Waals surface area contributed by atoms with Gasteiger partial charge >= 0.3 is 0 Å². The van der Waals surface area contributed by atoms with Crippen LogP contribution in [0.15, 0.2) is 28.9 Å². The summed E-state index contributed by atoms with van der Waals surface area (Å²) in [5, 5.41) is 0. The summed E-state index contributed by atoms with van der Waals surface area (Å²) >= 11 is 3.32. The fourth-order valence-corrected chi connectivity index (χ4v) is 1.12. The van der Waals surface area contributed by atoms with Crippen molar-refractivity contribution in [3.05, 3.63) is 34.6 Å². The molecule has 0 aromatic carbocycles. The molecule has 1 rings (SSSR count). The molecule has 1 nitrogen and oxygen atoms in total. The zero-order valence-corrected chi connectivity index (χ0v) is 8.22. The van der Waals surface area contributed by atoms with E-state index in [-0.39, 0.29) is 0 Å². The molecule has 0 atom stereocenters. The van der Waals surface area contributed by atoms with Gasteiger partial charge in [0.1, 0.15) is 4.60 Å². The van der Waals surface area contributed by atoms with Crippen molar-refractivity contribution in [3.8, 4) is 0 Å². The zero-order chi connectivity index (χ0) is 8.27. The predicted molar refractivity (Wildman–Crippen MR) is 51.3 cm³/mol. The van der Waals surface area contributed by atoms with Crippen LogP contribution in [-0.4, -0.2) is 4.98 Å². The van der Waals surface area contributed by atoms with Crippen molar-refractivity contribution in [2.24, 2.45) is 0 Å². The molecule has 0 saturated heterocycles. The van der Waals surface area contributed by atoms with Crippen LogP contribution in [0.2, 0.25) is 0 Å². The third kappa shape index (κ3) is 2.15. The van der Waals surface area contributed by atoms with Gasteiger partial charge in [-0.1, -0.05) is 12.1 Å². The SMILES string of the molecule is C/C=C(/C)c1cccc(Br)n1. The van der Waals surface area contributed by atoms with E-state index in [1.54, 1.807) is 0 Å². The molecule has 0 saturated carbocycles. The van der Waals surface area contributed by atoms with Crippen LogP contribution in [0.4, 0.5) is 0 Å². The van der Waals surface area contributed by atoms with E-state index in [2.05, 4.69) is 33.9 Å². The van der Waals surface area contributed by atoms with E-state index in [0.29, 0.717) is 0 Å². The van der Waals surface area contributed by atoms with Gasteiger partial charge in [0.25, 0.3) is 0 Å². The number of hydrogen-bond donors (Lipinski definition) is 0. The third-order valence-electron chi connectivity index (χ3n) is 1.55. The second kappa shape index (κ2) is 3.67. The van der Waals surface area contributed by atoms with Gasteiger partial charge in [-0.2, -0.15) is 0 Å². The molecule has 0 unspecified atom stereocenters. The summed E-state index contributed by atoms with van der Waals surface area (Å²) < 4.78 is 0.885. The highest BCUT2D eigenvalue weighted by molar-refractivity contribution is 9.10. The first-order valence-corrected chi connectivity index (χ1v) is 4.29. The first kappa shape index (κ1) is 8.47. The second-order valence-corrected chi connectivity index (χ2v) is 3.13. The Hall–Kier alpha value is -0.630. The fraction of sp³-hybridized carbons (Fsp3) is 0.222. The number of aromatic nitrogens is 1. The Bertz CT molecular complexity index is 279. The lowest BCUT2D eigenvalue weighted by molar-refractivity contribution is 1.22. The summed E-state index contributed by atoms with van der Waals surface area (Å²) in [5.74, 6) is 0. The topological polar surface area (TPSA) is 12.9 Å². The van der Waals surface area contributed by atoms with Gasteiger partial charge in [-0.05, 0) is 47.5 Å². The van der Waals surface area contributed by atoms with Crippen LogP contribution in [0.5, 0.6) is 0 Å². The predicted octanol–water partition coefficient (Wildman–Crippen LogP) is 3.27. The molecule has 0 radical (unpaired) electrons.